The summed E-state index contributed by atoms with van der Waals surface area (Å²) in [5.74, 6) is -0.232. The number of hydrogen-bond acceptors (Lipinski definition) is 2. The lowest BCUT2D eigenvalue weighted by Crippen LogP contribution is -2.22. The van der Waals surface area contributed by atoms with E-state index < -0.39 is 5.97 Å². The highest BCUT2D eigenvalue weighted by Gasteiger charge is 2.04. The summed E-state index contributed by atoms with van der Waals surface area (Å²) in [4.78, 5) is 10.1. The van der Waals surface area contributed by atoms with Crippen LogP contribution in [0.5, 0.6) is 0 Å². The van der Waals surface area contributed by atoms with Gasteiger partial charge in [0.25, 0.3) is 0 Å². The molecule has 2 unspecified atom stereocenters. The Morgan fingerprint density at radius 2 is 2.15 bits per heavy atom. The Hall–Kier alpha value is -0.990. The standard InChI is InChI=1S/C10H19NO2/c1-4-8(2)7-9(3)11-6-5-10(12)13/h5-6,8-9,11H,4,7H2,1-3H3,(H,12,13)/b6-5+. The van der Waals surface area contributed by atoms with Gasteiger partial charge in [-0.25, -0.2) is 4.79 Å². The molecule has 0 fully saturated rings. The maximum Gasteiger partial charge on any atom is 0.329 e. The van der Waals surface area contributed by atoms with Crippen LogP contribution in [0.3, 0.4) is 0 Å². The lowest BCUT2D eigenvalue weighted by atomic mass is 10.0. The molecule has 0 saturated carbocycles. The first-order chi connectivity index (χ1) is 6.06. The zero-order chi connectivity index (χ0) is 10.3. The topological polar surface area (TPSA) is 49.3 Å². The molecule has 0 radical (unpaired) electrons. The van der Waals surface area contributed by atoms with Gasteiger partial charge in [-0.3, -0.25) is 0 Å². The maximum atomic E-state index is 10.1. The molecule has 0 aromatic heterocycles. The predicted octanol–water partition coefficient (Wildman–Crippen LogP) is 2.00. The number of carbonyl (C=O) groups is 1. The van der Waals surface area contributed by atoms with E-state index in [0.717, 1.165) is 18.9 Å². The van der Waals surface area contributed by atoms with E-state index in [-0.39, 0.29) is 0 Å². The first kappa shape index (κ1) is 12.0. The molecule has 3 nitrogen and oxygen atoms in total. The van der Waals surface area contributed by atoms with Crippen LogP contribution in [0.15, 0.2) is 12.3 Å². The number of carboxylic acid groups (broad SMARTS) is 1. The number of hydrogen-bond donors (Lipinski definition) is 2. The third kappa shape index (κ3) is 7.37. The summed E-state index contributed by atoms with van der Waals surface area (Å²) in [6.07, 6.45) is 4.84. The smallest absolute Gasteiger partial charge is 0.329 e. The van der Waals surface area contributed by atoms with Crippen LogP contribution in [0.2, 0.25) is 0 Å². The highest BCUT2D eigenvalue weighted by atomic mass is 16.4. The maximum absolute atomic E-state index is 10.1. The lowest BCUT2D eigenvalue weighted by molar-refractivity contribution is -0.131. The Morgan fingerprint density at radius 3 is 2.62 bits per heavy atom. The van der Waals surface area contributed by atoms with E-state index in [1.807, 2.05) is 0 Å². The zero-order valence-corrected chi connectivity index (χ0v) is 8.58. The van der Waals surface area contributed by atoms with Crippen molar-refractivity contribution in [3.63, 3.8) is 0 Å². The van der Waals surface area contributed by atoms with E-state index in [2.05, 4.69) is 26.1 Å². The molecule has 2 N–H and O–H groups in total. The van der Waals surface area contributed by atoms with Crippen molar-refractivity contribution in [2.24, 2.45) is 5.92 Å². The number of nitrogens with one attached hydrogen (secondary N) is 1. The van der Waals surface area contributed by atoms with Crippen molar-refractivity contribution in [2.75, 3.05) is 0 Å². The Labute approximate surface area is 79.8 Å². The van der Waals surface area contributed by atoms with Gasteiger partial charge in [0.05, 0.1) is 0 Å². The fourth-order valence-corrected chi connectivity index (χ4v) is 1.12. The van der Waals surface area contributed by atoms with E-state index in [9.17, 15) is 4.79 Å². The van der Waals surface area contributed by atoms with Crippen LogP contribution in [-0.2, 0) is 4.79 Å². The van der Waals surface area contributed by atoms with Crippen molar-refractivity contribution >= 4 is 5.97 Å². The van der Waals surface area contributed by atoms with Crippen LogP contribution in [-0.4, -0.2) is 17.1 Å². The van der Waals surface area contributed by atoms with E-state index in [4.69, 9.17) is 5.11 Å². The average molecular weight is 185 g/mol. The molecule has 2 atom stereocenters. The summed E-state index contributed by atoms with van der Waals surface area (Å²) in [6, 6.07) is 0.338. The molecular weight excluding hydrogens is 166 g/mol. The molecule has 0 aromatic carbocycles. The van der Waals surface area contributed by atoms with Gasteiger partial charge in [-0.1, -0.05) is 20.3 Å². The predicted molar refractivity (Wildman–Crippen MR) is 53.4 cm³/mol. The van der Waals surface area contributed by atoms with Crippen molar-refractivity contribution < 1.29 is 9.90 Å². The normalized spacial score (nSPS) is 15.6. The van der Waals surface area contributed by atoms with Gasteiger partial charge in [0, 0.05) is 18.3 Å². The second-order valence-corrected chi connectivity index (χ2v) is 3.49. The minimum absolute atomic E-state index is 0.338. The molecule has 0 aliphatic rings. The van der Waals surface area contributed by atoms with Gasteiger partial charge in [0.1, 0.15) is 0 Å². The third-order valence-corrected chi connectivity index (χ3v) is 2.06. The van der Waals surface area contributed by atoms with Gasteiger partial charge in [-0.05, 0) is 19.3 Å². The lowest BCUT2D eigenvalue weighted by Gasteiger charge is -2.15. The van der Waals surface area contributed by atoms with Gasteiger partial charge >= 0.3 is 5.97 Å². The number of rotatable bonds is 6. The number of carboxylic acids is 1. The van der Waals surface area contributed by atoms with E-state index in [1.165, 1.54) is 6.20 Å². The van der Waals surface area contributed by atoms with Crippen LogP contribution in [0.4, 0.5) is 0 Å². The highest BCUT2D eigenvalue weighted by molar-refractivity contribution is 5.79. The molecule has 0 spiro atoms. The minimum Gasteiger partial charge on any atom is -0.478 e. The van der Waals surface area contributed by atoms with E-state index in [0.29, 0.717) is 12.0 Å². The van der Waals surface area contributed by atoms with E-state index >= 15 is 0 Å². The first-order valence-corrected chi connectivity index (χ1v) is 4.71. The summed E-state index contributed by atoms with van der Waals surface area (Å²) in [6.45, 7) is 6.40. The van der Waals surface area contributed by atoms with Crippen molar-refractivity contribution in [3.05, 3.63) is 12.3 Å². The third-order valence-electron chi connectivity index (χ3n) is 2.06. The van der Waals surface area contributed by atoms with Gasteiger partial charge in [0.2, 0.25) is 0 Å². The van der Waals surface area contributed by atoms with Crippen LogP contribution in [0.25, 0.3) is 0 Å². The zero-order valence-electron chi connectivity index (χ0n) is 8.58. The Bertz CT molecular complexity index is 178. The second kappa shape index (κ2) is 6.52. The monoisotopic (exact) mass is 185 g/mol. The second-order valence-electron chi connectivity index (χ2n) is 3.49. The molecule has 3 heteroatoms. The summed E-state index contributed by atoms with van der Waals surface area (Å²) >= 11 is 0. The van der Waals surface area contributed by atoms with Crippen molar-refractivity contribution in [3.8, 4) is 0 Å². The molecular formula is C10H19NO2. The largest absolute Gasteiger partial charge is 0.478 e. The summed E-state index contributed by atoms with van der Waals surface area (Å²) in [5, 5.41) is 11.3. The fourth-order valence-electron chi connectivity index (χ4n) is 1.12. The van der Waals surface area contributed by atoms with Crippen LogP contribution in [0, 0.1) is 5.92 Å². The molecule has 0 aliphatic heterocycles. The molecule has 0 saturated heterocycles. The Balaban J connectivity index is 3.62. The van der Waals surface area contributed by atoms with Gasteiger partial charge in [-0.15, -0.1) is 0 Å². The summed E-state index contributed by atoms with van der Waals surface area (Å²) in [5.41, 5.74) is 0. The molecule has 0 rings (SSSR count). The van der Waals surface area contributed by atoms with E-state index in [1.54, 1.807) is 0 Å². The fraction of sp³-hybridized carbons (Fsp3) is 0.700. The summed E-state index contributed by atoms with van der Waals surface area (Å²) in [7, 11) is 0. The molecule has 0 heterocycles. The average Bonchev–Trinajstić information content (AvgIpc) is 2.03. The minimum atomic E-state index is -0.914. The number of aliphatic carboxylic acids is 1. The first-order valence-electron chi connectivity index (χ1n) is 4.71. The molecule has 76 valence electrons. The Kier molecular flexibility index (Phi) is 6.02. The molecule has 0 aromatic rings. The molecule has 0 aliphatic carbocycles. The molecule has 0 amide bonds. The van der Waals surface area contributed by atoms with Crippen molar-refractivity contribution in [1.82, 2.24) is 5.32 Å². The van der Waals surface area contributed by atoms with Crippen molar-refractivity contribution in [1.29, 1.82) is 0 Å². The van der Waals surface area contributed by atoms with Gasteiger partial charge in [0.15, 0.2) is 0 Å². The van der Waals surface area contributed by atoms with Crippen LogP contribution >= 0.6 is 0 Å². The molecule has 13 heavy (non-hydrogen) atoms. The van der Waals surface area contributed by atoms with Crippen LogP contribution in [0.1, 0.15) is 33.6 Å². The highest BCUT2D eigenvalue weighted by Crippen LogP contribution is 2.08. The van der Waals surface area contributed by atoms with Gasteiger partial charge in [-0.2, -0.15) is 0 Å². The quantitative estimate of drug-likeness (QED) is 0.622. The van der Waals surface area contributed by atoms with Gasteiger partial charge < -0.3 is 10.4 Å². The Morgan fingerprint density at radius 1 is 1.54 bits per heavy atom. The van der Waals surface area contributed by atoms with Crippen LogP contribution < -0.4 is 5.32 Å². The SMILES string of the molecule is CCC(C)CC(C)N/C=C/C(=O)O. The molecule has 0 bridgehead atoms. The summed E-state index contributed by atoms with van der Waals surface area (Å²) < 4.78 is 0. The van der Waals surface area contributed by atoms with Crippen molar-refractivity contribution in [2.45, 2.75) is 39.7 Å².